The average Bonchev–Trinajstić information content (AvgIpc) is 3.23. The van der Waals surface area contributed by atoms with E-state index in [1.165, 1.54) is 6.92 Å². The van der Waals surface area contributed by atoms with Crippen molar-refractivity contribution in [2.45, 2.75) is 45.2 Å². The van der Waals surface area contributed by atoms with Crippen LogP contribution in [0, 0.1) is 22.7 Å². The van der Waals surface area contributed by atoms with Crippen LogP contribution in [-0.4, -0.2) is 41.3 Å². The summed E-state index contributed by atoms with van der Waals surface area (Å²) in [5.74, 6) is -5.07. The van der Waals surface area contributed by atoms with Gasteiger partial charge in [0.15, 0.2) is 11.3 Å². The van der Waals surface area contributed by atoms with Crippen LogP contribution in [0.15, 0.2) is 29.1 Å². The van der Waals surface area contributed by atoms with Crippen LogP contribution < -0.4 is 15.2 Å². The normalized spacial score (nSPS) is 21.5. The van der Waals surface area contributed by atoms with E-state index in [2.05, 4.69) is 20.7 Å². The second-order valence-corrected chi connectivity index (χ2v) is 9.20. The summed E-state index contributed by atoms with van der Waals surface area (Å²) in [4.78, 5) is 40.2. The molecule has 11 heteroatoms. The fourth-order valence-corrected chi connectivity index (χ4v) is 5.34. The molecule has 1 aromatic carbocycles. The number of pyridine rings is 1. The smallest absolute Gasteiger partial charge is 0.477 e. The molecule has 1 saturated carbocycles. The minimum absolute atomic E-state index is 0.0207. The van der Waals surface area contributed by atoms with Gasteiger partial charge in [0.1, 0.15) is 0 Å². The summed E-state index contributed by atoms with van der Waals surface area (Å²) < 4.78 is 43.0. The molecule has 2 N–H and O–H groups in total. The summed E-state index contributed by atoms with van der Waals surface area (Å²) >= 11 is 0. The van der Waals surface area contributed by atoms with Gasteiger partial charge >= 0.3 is 18.1 Å². The van der Waals surface area contributed by atoms with Crippen molar-refractivity contribution >= 4 is 17.6 Å². The molecule has 0 spiro atoms. The number of aromatic carboxylic acids is 1. The second-order valence-electron chi connectivity index (χ2n) is 9.20. The Morgan fingerprint density at radius 1 is 1.28 bits per heavy atom. The zero-order chi connectivity index (χ0) is 26.3. The lowest BCUT2D eigenvalue weighted by Crippen LogP contribution is -2.31. The van der Waals surface area contributed by atoms with Crippen molar-refractivity contribution in [3.05, 3.63) is 45.7 Å². The number of carboxylic acid groups (broad SMARTS) is 1. The molecular formula is C25H24F3N3O5. The summed E-state index contributed by atoms with van der Waals surface area (Å²) in [6, 6.07) is 9.39. The van der Waals surface area contributed by atoms with E-state index < -0.39 is 35.0 Å². The van der Waals surface area contributed by atoms with Gasteiger partial charge in [0.05, 0.1) is 17.2 Å². The third-order valence-electron chi connectivity index (χ3n) is 7.13. The molecule has 2 aliphatic rings. The maximum absolute atomic E-state index is 12.9. The molecule has 8 nitrogen and oxygen atoms in total. The molecule has 1 saturated heterocycles. The topological polar surface area (TPSA) is 123 Å². The number of benzene rings is 1. The molecule has 0 bridgehead atoms. The second kappa shape index (κ2) is 9.33. The number of alkyl halides is 3. The van der Waals surface area contributed by atoms with Crippen LogP contribution in [0.4, 0.5) is 18.9 Å². The number of rotatable bonds is 5. The van der Waals surface area contributed by atoms with E-state index in [4.69, 9.17) is 0 Å². The van der Waals surface area contributed by atoms with Gasteiger partial charge < -0.3 is 19.7 Å². The molecule has 1 aromatic heterocycles. The number of hydrogen-bond donors (Lipinski definition) is 2. The van der Waals surface area contributed by atoms with Crippen molar-refractivity contribution in [2.24, 2.45) is 11.3 Å². The highest BCUT2D eigenvalue weighted by Gasteiger charge is 2.48. The van der Waals surface area contributed by atoms with E-state index in [9.17, 15) is 37.9 Å². The maximum atomic E-state index is 12.9. The Hall–Kier alpha value is -3.81. The monoisotopic (exact) mass is 503 g/mol. The minimum atomic E-state index is -5.38. The van der Waals surface area contributed by atoms with Gasteiger partial charge in [0.2, 0.25) is 0 Å². The zero-order valence-electron chi connectivity index (χ0n) is 19.4. The van der Waals surface area contributed by atoms with Gasteiger partial charge in [0, 0.05) is 24.3 Å². The molecule has 2 unspecified atom stereocenters. The highest BCUT2D eigenvalue weighted by molar-refractivity contribution is 5.94. The minimum Gasteiger partial charge on any atom is -0.477 e. The Morgan fingerprint density at radius 3 is 2.53 bits per heavy atom. The summed E-state index contributed by atoms with van der Waals surface area (Å²) in [5, 5.41) is 19.2. The zero-order valence-corrected chi connectivity index (χ0v) is 19.4. The van der Waals surface area contributed by atoms with Crippen LogP contribution >= 0.6 is 0 Å². The number of nitriles is 1. The van der Waals surface area contributed by atoms with Crippen molar-refractivity contribution < 1.29 is 32.6 Å². The number of hydrogen-bond acceptors (Lipinski definition) is 6. The van der Waals surface area contributed by atoms with Gasteiger partial charge in [-0.15, -0.1) is 0 Å². The van der Waals surface area contributed by atoms with Gasteiger partial charge in [-0.3, -0.25) is 4.79 Å². The third kappa shape index (κ3) is 4.43. The van der Waals surface area contributed by atoms with Crippen LogP contribution in [0.25, 0.3) is 11.3 Å². The predicted octanol–water partition coefficient (Wildman–Crippen LogP) is 4.29. The molecule has 1 aliphatic heterocycles. The van der Waals surface area contributed by atoms with E-state index in [1.807, 2.05) is 0 Å². The first-order valence-electron chi connectivity index (χ1n) is 11.6. The number of anilines is 1. The Balaban J connectivity index is 1.72. The Bertz CT molecular complexity index is 1300. The third-order valence-corrected chi connectivity index (χ3v) is 7.13. The molecule has 190 valence electrons. The number of ether oxygens (including phenoxy) is 1. The van der Waals surface area contributed by atoms with E-state index in [-0.39, 0.29) is 29.0 Å². The number of esters is 1. The molecule has 2 fully saturated rings. The van der Waals surface area contributed by atoms with Crippen molar-refractivity contribution in [3.8, 4) is 23.1 Å². The fraction of sp³-hybridized carbons (Fsp3) is 0.440. The number of H-pyrrole nitrogens is 1. The summed E-state index contributed by atoms with van der Waals surface area (Å²) in [5.41, 5.74) is -1.37. The van der Waals surface area contributed by atoms with Crippen molar-refractivity contribution in [1.29, 1.82) is 5.26 Å². The first-order chi connectivity index (χ1) is 17.0. The predicted molar refractivity (Wildman–Crippen MR) is 123 cm³/mol. The standard InChI is InChI=1S/C25H24F3N3O5/c1-2-17-19(30-21(32)18(22(33)34)20(17)36-23(35)25(26,27)28)14-6-8-16(9-7-14)31-11-15-5-3-4-10-24(15,12-29)13-31/h6-9,15H,2-5,10-11,13H2,1H3,(H,30,32)(H,33,34). The molecule has 4 rings (SSSR count). The summed E-state index contributed by atoms with van der Waals surface area (Å²) in [6.45, 7) is 2.89. The van der Waals surface area contributed by atoms with Crippen LogP contribution in [-0.2, 0) is 11.2 Å². The average molecular weight is 503 g/mol. The lowest BCUT2D eigenvalue weighted by molar-refractivity contribution is -0.189. The van der Waals surface area contributed by atoms with E-state index >= 15 is 0 Å². The number of nitrogens with zero attached hydrogens (tertiary/aromatic N) is 2. The molecule has 36 heavy (non-hydrogen) atoms. The molecule has 2 aromatic rings. The number of carboxylic acids is 1. The first kappa shape index (κ1) is 25.3. The van der Waals surface area contributed by atoms with Crippen molar-refractivity contribution in [2.75, 3.05) is 18.0 Å². The first-order valence-corrected chi connectivity index (χ1v) is 11.6. The number of fused-ring (bicyclic) bond motifs is 1. The summed E-state index contributed by atoms with van der Waals surface area (Å²) in [7, 11) is 0. The Kier molecular flexibility index (Phi) is 6.56. The van der Waals surface area contributed by atoms with Crippen LogP contribution in [0.2, 0.25) is 0 Å². The summed E-state index contributed by atoms with van der Waals surface area (Å²) in [6.07, 6.45) is -1.41. The van der Waals surface area contributed by atoms with Crippen LogP contribution in [0.3, 0.4) is 0 Å². The molecule has 1 aliphatic carbocycles. The molecule has 2 atom stereocenters. The van der Waals surface area contributed by atoms with Crippen LogP contribution in [0.5, 0.6) is 5.75 Å². The van der Waals surface area contributed by atoms with E-state index in [0.717, 1.165) is 37.9 Å². The lowest BCUT2D eigenvalue weighted by atomic mass is 9.69. The van der Waals surface area contributed by atoms with Gasteiger partial charge in [-0.1, -0.05) is 31.9 Å². The Labute approximate surface area is 204 Å². The Morgan fingerprint density at radius 2 is 1.97 bits per heavy atom. The number of halogens is 3. The SMILES string of the molecule is CCc1c(-c2ccc(N3CC4CCCCC4(C#N)C3)cc2)[nH]c(=O)c(C(=O)O)c1OC(=O)C(F)(F)F. The van der Waals surface area contributed by atoms with Gasteiger partial charge in [-0.05, 0) is 42.9 Å². The number of carbonyl (C=O) groups excluding carboxylic acids is 1. The van der Waals surface area contributed by atoms with Gasteiger partial charge in [-0.2, -0.15) is 18.4 Å². The highest BCUT2D eigenvalue weighted by Crippen LogP contribution is 2.47. The number of aromatic amines is 1. The van der Waals surface area contributed by atoms with Gasteiger partial charge in [-0.25, -0.2) is 9.59 Å². The lowest BCUT2D eigenvalue weighted by Gasteiger charge is -2.31. The van der Waals surface area contributed by atoms with E-state index in [0.29, 0.717) is 12.1 Å². The van der Waals surface area contributed by atoms with Crippen molar-refractivity contribution in [3.63, 3.8) is 0 Å². The highest BCUT2D eigenvalue weighted by atomic mass is 19.4. The molecule has 0 radical (unpaired) electrons. The quantitative estimate of drug-likeness (QED) is 0.584. The fourth-order valence-electron chi connectivity index (χ4n) is 5.34. The number of nitrogens with one attached hydrogen (secondary N) is 1. The van der Waals surface area contributed by atoms with Crippen LogP contribution in [0.1, 0.15) is 48.5 Å². The van der Waals surface area contributed by atoms with Gasteiger partial charge in [0.25, 0.3) is 5.56 Å². The maximum Gasteiger partial charge on any atom is 0.491 e. The molecule has 0 amide bonds. The molecular weight excluding hydrogens is 479 g/mol. The van der Waals surface area contributed by atoms with Crippen molar-refractivity contribution in [1.82, 2.24) is 4.98 Å². The molecule has 2 heterocycles. The largest absolute Gasteiger partial charge is 0.491 e. The number of carbonyl (C=O) groups is 2. The number of aromatic nitrogens is 1. The van der Waals surface area contributed by atoms with E-state index in [1.54, 1.807) is 24.3 Å².